The third-order valence-electron chi connectivity index (χ3n) is 4.46. The van der Waals surface area contributed by atoms with Crippen LogP contribution < -0.4 is 5.32 Å². The summed E-state index contributed by atoms with van der Waals surface area (Å²) in [6.45, 7) is 5.34. The standard InChI is InChI=1S/C16H23NOS/c1-12(13-6-8-18-9-7-13)17-10-14-11-19-16-5-3-2-4-15(14)16/h2-5,12-14,17H,6-11H2,1H3. The maximum Gasteiger partial charge on any atom is 0.0469 e. The van der Waals surface area contributed by atoms with Gasteiger partial charge < -0.3 is 10.1 Å². The van der Waals surface area contributed by atoms with Crippen LogP contribution in [0.15, 0.2) is 29.2 Å². The SMILES string of the molecule is CC(NCC1CSc2ccccc21)C1CCOCC1. The van der Waals surface area contributed by atoms with E-state index in [9.17, 15) is 0 Å². The molecule has 0 bridgehead atoms. The van der Waals surface area contributed by atoms with E-state index in [1.54, 1.807) is 5.56 Å². The Kier molecular flexibility index (Phi) is 4.46. The van der Waals surface area contributed by atoms with Gasteiger partial charge in [-0.1, -0.05) is 18.2 Å². The maximum atomic E-state index is 5.44. The van der Waals surface area contributed by atoms with Crippen molar-refractivity contribution in [2.24, 2.45) is 5.92 Å². The first-order valence-electron chi connectivity index (χ1n) is 7.37. The summed E-state index contributed by atoms with van der Waals surface area (Å²) in [4.78, 5) is 1.48. The van der Waals surface area contributed by atoms with Gasteiger partial charge >= 0.3 is 0 Å². The second-order valence-corrected chi connectivity index (χ2v) is 6.75. The molecule has 1 saturated heterocycles. The Morgan fingerprint density at radius 1 is 1.32 bits per heavy atom. The minimum atomic E-state index is 0.613. The van der Waals surface area contributed by atoms with Gasteiger partial charge in [-0.25, -0.2) is 0 Å². The lowest BCUT2D eigenvalue weighted by atomic mass is 9.92. The molecule has 0 saturated carbocycles. The van der Waals surface area contributed by atoms with Crippen LogP contribution in [0.3, 0.4) is 0 Å². The molecule has 0 aliphatic carbocycles. The van der Waals surface area contributed by atoms with Crippen LogP contribution in [0.2, 0.25) is 0 Å². The fraction of sp³-hybridized carbons (Fsp3) is 0.625. The van der Waals surface area contributed by atoms with E-state index < -0.39 is 0 Å². The average Bonchev–Trinajstić information content (AvgIpc) is 2.89. The van der Waals surface area contributed by atoms with E-state index in [1.165, 1.54) is 23.5 Å². The number of benzene rings is 1. The average molecular weight is 277 g/mol. The van der Waals surface area contributed by atoms with Gasteiger partial charge in [0.25, 0.3) is 0 Å². The molecule has 3 heteroatoms. The molecule has 1 aromatic rings. The highest BCUT2D eigenvalue weighted by molar-refractivity contribution is 7.99. The predicted molar refractivity (Wildman–Crippen MR) is 80.9 cm³/mol. The quantitative estimate of drug-likeness (QED) is 0.912. The first kappa shape index (κ1) is 13.5. The molecule has 3 rings (SSSR count). The second kappa shape index (κ2) is 6.29. The molecule has 2 atom stereocenters. The number of ether oxygens (including phenoxy) is 1. The van der Waals surface area contributed by atoms with Crippen molar-refractivity contribution in [1.82, 2.24) is 5.32 Å². The number of hydrogen-bond acceptors (Lipinski definition) is 3. The van der Waals surface area contributed by atoms with Gasteiger partial charge in [-0.15, -0.1) is 11.8 Å². The van der Waals surface area contributed by atoms with Crippen molar-refractivity contribution >= 4 is 11.8 Å². The van der Waals surface area contributed by atoms with E-state index in [1.807, 2.05) is 11.8 Å². The van der Waals surface area contributed by atoms with Crippen molar-refractivity contribution in [3.63, 3.8) is 0 Å². The molecule has 0 spiro atoms. The predicted octanol–water partition coefficient (Wildman–Crippen LogP) is 3.28. The lowest BCUT2D eigenvalue weighted by molar-refractivity contribution is 0.0559. The summed E-state index contributed by atoms with van der Waals surface area (Å²) in [5, 5.41) is 3.77. The molecule has 2 aliphatic rings. The highest BCUT2D eigenvalue weighted by Crippen LogP contribution is 2.38. The molecule has 1 N–H and O–H groups in total. The van der Waals surface area contributed by atoms with E-state index in [2.05, 4.69) is 36.5 Å². The highest BCUT2D eigenvalue weighted by atomic mass is 32.2. The van der Waals surface area contributed by atoms with E-state index in [0.29, 0.717) is 12.0 Å². The summed E-state index contributed by atoms with van der Waals surface area (Å²) < 4.78 is 5.44. The van der Waals surface area contributed by atoms with Crippen LogP contribution in [0.25, 0.3) is 0 Å². The lowest BCUT2D eigenvalue weighted by Gasteiger charge is -2.29. The molecule has 1 fully saturated rings. The molecule has 2 aliphatic heterocycles. The summed E-state index contributed by atoms with van der Waals surface area (Å²) >= 11 is 2.00. The molecular formula is C16H23NOS. The van der Waals surface area contributed by atoms with Crippen molar-refractivity contribution in [2.45, 2.75) is 36.6 Å². The number of nitrogens with one attached hydrogen (secondary N) is 1. The van der Waals surface area contributed by atoms with Gasteiger partial charge in [0.05, 0.1) is 0 Å². The fourth-order valence-electron chi connectivity index (χ4n) is 3.11. The maximum absolute atomic E-state index is 5.44. The molecule has 2 nitrogen and oxygen atoms in total. The number of hydrogen-bond donors (Lipinski definition) is 1. The van der Waals surface area contributed by atoms with Gasteiger partial charge in [-0.3, -0.25) is 0 Å². The Morgan fingerprint density at radius 3 is 2.95 bits per heavy atom. The molecule has 1 aromatic carbocycles. The molecule has 2 unspecified atom stereocenters. The lowest BCUT2D eigenvalue weighted by Crippen LogP contribution is -2.38. The van der Waals surface area contributed by atoms with E-state index in [-0.39, 0.29) is 0 Å². The summed E-state index contributed by atoms with van der Waals surface area (Å²) in [7, 11) is 0. The zero-order valence-corrected chi connectivity index (χ0v) is 12.4. The Bertz CT molecular complexity index is 417. The largest absolute Gasteiger partial charge is 0.381 e. The molecule has 0 aromatic heterocycles. The summed E-state index contributed by atoms with van der Waals surface area (Å²) in [6, 6.07) is 9.47. The molecule has 0 radical (unpaired) electrons. The van der Waals surface area contributed by atoms with Crippen molar-refractivity contribution in [3.8, 4) is 0 Å². The Balaban J connectivity index is 1.52. The van der Waals surface area contributed by atoms with Gasteiger partial charge in [0, 0.05) is 42.4 Å². The Hall–Kier alpha value is -0.510. The monoisotopic (exact) mass is 277 g/mol. The second-order valence-electron chi connectivity index (χ2n) is 5.69. The number of fused-ring (bicyclic) bond motifs is 1. The summed E-state index contributed by atoms with van der Waals surface area (Å²) in [6.07, 6.45) is 2.42. The van der Waals surface area contributed by atoms with Gasteiger partial charge in [0.2, 0.25) is 0 Å². The van der Waals surface area contributed by atoms with Crippen LogP contribution in [-0.2, 0) is 4.74 Å². The Labute approximate surface area is 120 Å². The zero-order valence-electron chi connectivity index (χ0n) is 11.6. The molecular weight excluding hydrogens is 254 g/mol. The normalized spacial score (nSPS) is 25.2. The number of thioether (sulfide) groups is 1. The van der Waals surface area contributed by atoms with E-state index in [0.717, 1.165) is 25.7 Å². The van der Waals surface area contributed by atoms with Crippen LogP contribution in [-0.4, -0.2) is 31.6 Å². The van der Waals surface area contributed by atoms with Crippen molar-refractivity contribution in [2.75, 3.05) is 25.5 Å². The Morgan fingerprint density at radius 2 is 2.11 bits per heavy atom. The fourth-order valence-corrected chi connectivity index (χ4v) is 4.36. The third-order valence-corrected chi connectivity index (χ3v) is 5.71. The van der Waals surface area contributed by atoms with Crippen LogP contribution in [0.1, 0.15) is 31.2 Å². The minimum Gasteiger partial charge on any atom is -0.381 e. The van der Waals surface area contributed by atoms with Gasteiger partial charge in [-0.2, -0.15) is 0 Å². The highest BCUT2D eigenvalue weighted by Gasteiger charge is 2.25. The zero-order chi connectivity index (χ0) is 13.1. The molecule has 19 heavy (non-hydrogen) atoms. The van der Waals surface area contributed by atoms with Crippen LogP contribution in [0.5, 0.6) is 0 Å². The van der Waals surface area contributed by atoms with Gasteiger partial charge in [-0.05, 0) is 37.3 Å². The van der Waals surface area contributed by atoms with Crippen LogP contribution >= 0.6 is 11.8 Å². The van der Waals surface area contributed by atoms with Crippen LogP contribution in [0.4, 0.5) is 0 Å². The van der Waals surface area contributed by atoms with Crippen molar-refractivity contribution in [1.29, 1.82) is 0 Å². The van der Waals surface area contributed by atoms with Gasteiger partial charge in [0.1, 0.15) is 0 Å². The summed E-state index contributed by atoms with van der Waals surface area (Å²) in [5.41, 5.74) is 1.54. The minimum absolute atomic E-state index is 0.613. The van der Waals surface area contributed by atoms with Crippen molar-refractivity contribution in [3.05, 3.63) is 29.8 Å². The molecule has 2 heterocycles. The molecule has 0 amide bonds. The van der Waals surface area contributed by atoms with Crippen LogP contribution in [0, 0.1) is 5.92 Å². The van der Waals surface area contributed by atoms with Gasteiger partial charge in [0.15, 0.2) is 0 Å². The topological polar surface area (TPSA) is 21.3 Å². The van der Waals surface area contributed by atoms with E-state index >= 15 is 0 Å². The first-order valence-corrected chi connectivity index (χ1v) is 8.36. The first-order chi connectivity index (χ1) is 9.34. The smallest absolute Gasteiger partial charge is 0.0469 e. The number of rotatable bonds is 4. The molecule has 104 valence electrons. The summed E-state index contributed by atoms with van der Waals surface area (Å²) in [5.74, 6) is 2.70. The van der Waals surface area contributed by atoms with Crippen molar-refractivity contribution < 1.29 is 4.74 Å². The van der Waals surface area contributed by atoms with E-state index in [4.69, 9.17) is 4.74 Å². The third kappa shape index (κ3) is 3.15.